The molecule has 0 saturated carbocycles. The number of ether oxygens (including phenoxy) is 2. The zero-order chi connectivity index (χ0) is 15.7. The summed E-state index contributed by atoms with van der Waals surface area (Å²) >= 11 is 8.21. The first-order valence-electron chi connectivity index (χ1n) is 6.63. The molecule has 1 atom stereocenters. The lowest BCUT2D eigenvalue weighted by atomic mass is 10.2. The number of rotatable bonds is 3. The van der Waals surface area contributed by atoms with Crippen molar-refractivity contribution < 1.29 is 14.3 Å². The highest BCUT2D eigenvalue weighted by molar-refractivity contribution is 9.13. The van der Waals surface area contributed by atoms with Crippen molar-refractivity contribution in [3.8, 4) is 11.5 Å². The van der Waals surface area contributed by atoms with Crippen LogP contribution in [-0.2, 0) is 0 Å². The number of fused-ring (bicyclic) bond motifs is 1. The van der Waals surface area contributed by atoms with E-state index < -0.39 is 0 Å². The van der Waals surface area contributed by atoms with Crippen molar-refractivity contribution in [3.63, 3.8) is 0 Å². The molecule has 1 aromatic heterocycles. The van der Waals surface area contributed by atoms with Gasteiger partial charge >= 0.3 is 0 Å². The number of amides is 1. The minimum absolute atomic E-state index is 0.0288. The van der Waals surface area contributed by atoms with Gasteiger partial charge in [-0.1, -0.05) is 12.1 Å². The minimum Gasteiger partial charge on any atom is -0.486 e. The third-order valence-electron chi connectivity index (χ3n) is 3.25. The van der Waals surface area contributed by atoms with E-state index in [1.165, 1.54) is 11.3 Å². The lowest BCUT2D eigenvalue weighted by Crippen LogP contribution is -2.41. The van der Waals surface area contributed by atoms with Gasteiger partial charge in [0.05, 0.1) is 15.2 Å². The predicted molar refractivity (Wildman–Crippen MR) is 93.0 cm³/mol. The van der Waals surface area contributed by atoms with Crippen LogP contribution < -0.4 is 9.47 Å². The van der Waals surface area contributed by atoms with E-state index in [0.717, 1.165) is 19.8 Å². The van der Waals surface area contributed by atoms with E-state index in [1.807, 2.05) is 30.3 Å². The fraction of sp³-hybridized carbons (Fsp3) is 0.267. The highest BCUT2D eigenvalue weighted by atomic mass is 79.9. The average Bonchev–Trinajstić information content (AvgIpc) is 2.85. The molecule has 0 aliphatic carbocycles. The monoisotopic (exact) mass is 445 g/mol. The van der Waals surface area contributed by atoms with Crippen molar-refractivity contribution in [3.05, 3.63) is 43.5 Å². The zero-order valence-electron chi connectivity index (χ0n) is 11.7. The molecule has 1 aliphatic heterocycles. The zero-order valence-corrected chi connectivity index (χ0v) is 15.7. The highest BCUT2D eigenvalue weighted by Crippen LogP contribution is 2.33. The quantitative estimate of drug-likeness (QED) is 0.709. The normalized spacial score (nSPS) is 16.4. The number of thiophene rings is 1. The van der Waals surface area contributed by atoms with Crippen LogP contribution in [0.1, 0.15) is 9.67 Å². The Morgan fingerprint density at radius 1 is 1.36 bits per heavy atom. The average molecular weight is 447 g/mol. The lowest BCUT2D eigenvalue weighted by molar-refractivity contribution is 0.0524. The highest BCUT2D eigenvalue weighted by Gasteiger charge is 2.25. The van der Waals surface area contributed by atoms with Crippen molar-refractivity contribution in [2.45, 2.75) is 6.10 Å². The second kappa shape index (κ2) is 6.60. The van der Waals surface area contributed by atoms with Crippen molar-refractivity contribution >= 4 is 49.1 Å². The van der Waals surface area contributed by atoms with Crippen LogP contribution in [0.4, 0.5) is 0 Å². The molecule has 0 spiro atoms. The van der Waals surface area contributed by atoms with Crippen LogP contribution in [0.25, 0.3) is 0 Å². The molecule has 0 saturated heterocycles. The Labute approximate surface area is 149 Å². The summed E-state index contributed by atoms with van der Waals surface area (Å²) in [6.07, 6.45) is -0.171. The van der Waals surface area contributed by atoms with Crippen LogP contribution in [-0.4, -0.2) is 37.1 Å². The van der Waals surface area contributed by atoms with E-state index in [4.69, 9.17) is 9.47 Å². The fourth-order valence-corrected chi connectivity index (χ4v) is 4.21. The van der Waals surface area contributed by atoms with Gasteiger partial charge in [-0.05, 0) is 50.1 Å². The Morgan fingerprint density at radius 3 is 2.77 bits per heavy atom. The summed E-state index contributed by atoms with van der Waals surface area (Å²) in [5, 5.41) is 0. The van der Waals surface area contributed by atoms with Gasteiger partial charge in [0.2, 0.25) is 0 Å². The Hall–Kier alpha value is -1.05. The Morgan fingerprint density at radius 2 is 2.09 bits per heavy atom. The van der Waals surface area contributed by atoms with Gasteiger partial charge in [0.15, 0.2) is 17.6 Å². The first kappa shape index (κ1) is 15.8. The number of hydrogen-bond donors (Lipinski definition) is 0. The number of nitrogens with zero attached hydrogens (tertiary/aromatic N) is 1. The van der Waals surface area contributed by atoms with Crippen LogP contribution in [0.5, 0.6) is 11.5 Å². The molecule has 22 heavy (non-hydrogen) atoms. The molecule has 2 heterocycles. The van der Waals surface area contributed by atoms with Crippen molar-refractivity contribution in [2.75, 3.05) is 20.2 Å². The number of carbonyl (C=O) groups is 1. The molecule has 1 amide bonds. The molecule has 0 N–H and O–H groups in total. The fourth-order valence-electron chi connectivity index (χ4n) is 2.18. The summed E-state index contributed by atoms with van der Waals surface area (Å²) < 4.78 is 13.4. The maximum absolute atomic E-state index is 12.4. The second-order valence-electron chi connectivity index (χ2n) is 4.92. The first-order valence-corrected chi connectivity index (χ1v) is 9.03. The molecule has 116 valence electrons. The Balaban J connectivity index is 1.65. The standard InChI is InChI=1S/C15H13Br2NO3S/c1-18(15(19)13-6-10(16)14(17)22-13)7-9-8-20-11-4-2-3-5-12(11)21-9/h2-6,9H,7-8H2,1H3. The van der Waals surface area contributed by atoms with Gasteiger partial charge in [-0.3, -0.25) is 4.79 Å². The van der Waals surface area contributed by atoms with E-state index in [1.54, 1.807) is 11.9 Å². The Kier molecular flexibility index (Phi) is 4.75. The van der Waals surface area contributed by atoms with E-state index in [9.17, 15) is 4.79 Å². The number of carbonyl (C=O) groups excluding carboxylic acids is 1. The molecule has 4 nitrogen and oxygen atoms in total. The summed E-state index contributed by atoms with van der Waals surface area (Å²) in [5.41, 5.74) is 0. The SMILES string of the molecule is CN(CC1COc2ccccc2O1)C(=O)c1cc(Br)c(Br)s1. The summed E-state index contributed by atoms with van der Waals surface area (Å²) in [5.74, 6) is 1.44. The van der Waals surface area contributed by atoms with Gasteiger partial charge < -0.3 is 14.4 Å². The van der Waals surface area contributed by atoms with Crippen LogP contribution in [0, 0.1) is 0 Å². The topological polar surface area (TPSA) is 38.8 Å². The number of likely N-dealkylation sites (N-methyl/N-ethyl adjacent to an activating group) is 1. The molecule has 3 rings (SSSR count). The van der Waals surface area contributed by atoms with Gasteiger partial charge in [-0.25, -0.2) is 0 Å². The van der Waals surface area contributed by atoms with E-state index in [0.29, 0.717) is 18.0 Å². The smallest absolute Gasteiger partial charge is 0.263 e. The molecular weight excluding hydrogens is 434 g/mol. The van der Waals surface area contributed by atoms with Gasteiger partial charge in [0.1, 0.15) is 6.61 Å². The van der Waals surface area contributed by atoms with Crippen LogP contribution in [0.2, 0.25) is 0 Å². The van der Waals surface area contributed by atoms with Gasteiger partial charge in [-0.15, -0.1) is 11.3 Å². The molecule has 0 radical (unpaired) electrons. The van der Waals surface area contributed by atoms with Crippen LogP contribution in [0.3, 0.4) is 0 Å². The lowest BCUT2D eigenvalue weighted by Gasteiger charge is -2.29. The minimum atomic E-state index is -0.171. The third-order valence-corrected chi connectivity index (χ3v) is 6.49. The largest absolute Gasteiger partial charge is 0.486 e. The maximum atomic E-state index is 12.4. The molecule has 1 aliphatic rings. The molecule has 2 aromatic rings. The number of halogens is 2. The maximum Gasteiger partial charge on any atom is 0.263 e. The second-order valence-corrected chi connectivity index (χ2v) is 8.14. The molecular formula is C15H13Br2NO3S. The molecule has 1 unspecified atom stereocenters. The predicted octanol–water partition coefficient (Wildman–Crippen LogP) is 4.19. The van der Waals surface area contributed by atoms with Crippen molar-refractivity contribution in [2.24, 2.45) is 0 Å². The van der Waals surface area contributed by atoms with E-state index in [-0.39, 0.29) is 12.0 Å². The van der Waals surface area contributed by atoms with Crippen LogP contribution in [0.15, 0.2) is 38.6 Å². The molecule has 1 aromatic carbocycles. The summed E-state index contributed by atoms with van der Waals surface area (Å²) in [4.78, 5) is 14.8. The van der Waals surface area contributed by atoms with Crippen LogP contribution >= 0.6 is 43.2 Å². The number of para-hydroxylation sites is 2. The third kappa shape index (κ3) is 3.31. The van der Waals surface area contributed by atoms with Crippen molar-refractivity contribution in [1.29, 1.82) is 0 Å². The Bertz CT molecular complexity index is 684. The summed E-state index contributed by atoms with van der Waals surface area (Å²) in [6, 6.07) is 9.38. The number of benzene rings is 1. The number of hydrogen-bond acceptors (Lipinski definition) is 4. The van der Waals surface area contributed by atoms with Crippen molar-refractivity contribution in [1.82, 2.24) is 4.90 Å². The van der Waals surface area contributed by atoms with Gasteiger partial charge in [0, 0.05) is 11.5 Å². The molecule has 0 fully saturated rings. The summed E-state index contributed by atoms with van der Waals surface area (Å²) in [6.45, 7) is 0.909. The van der Waals surface area contributed by atoms with E-state index in [2.05, 4.69) is 31.9 Å². The summed E-state index contributed by atoms with van der Waals surface area (Å²) in [7, 11) is 1.77. The molecule has 0 bridgehead atoms. The first-order chi connectivity index (χ1) is 10.5. The molecule has 7 heteroatoms. The van der Waals surface area contributed by atoms with Gasteiger partial charge in [-0.2, -0.15) is 0 Å². The van der Waals surface area contributed by atoms with Gasteiger partial charge in [0.25, 0.3) is 5.91 Å². The van der Waals surface area contributed by atoms with E-state index >= 15 is 0 Å².